The van der Waals surface area contributed by atoms with E-state index in [1.54, 1.807) is 18.3 Å². The van der Waals surface area contributed by atoms with Crippen LogP contribution in [0.5, 0.6) is 0 Å². The van der Waals surface area contributed by atoms with Crippen LogP contribution in [0.25, 0.3) is 0 Å². The van der Waals surface area contributed by atoms with Crippen LogP contribution in [-0.2, 0) is 0 Å². The quantitative estimate of drug-likeness (QED) is 0.868. The normalized spacial score (nSPS) is 16.9. The Balaban J connectivity index is 2.06. The van der Waals surface area contributed by atoms with Gasteiger partial charge in [0.1, 0.15) is 5.82 Å². The third-order valence-corrected chi connectivity index (χ3v) is 3.93. The Morgan fingerprint density at radius 1 is 1.38 bits per heavy atom. The largest absolute Gasteiger partial charge is 0.391 e. The van der Waals surface area contributed by atoms with Gasteiger partial charge < -0.3 is 15.3 Å². The van der Waals surface area contributed by atoms with Gasteiger partial charge in [-0.1, -0.05) is 13.8 Å². The lowest BCUT2D eigenvalue weighted by Gasteiger charge is -2.29. The predicted molar refractivity (Wildman–Crippen MR) is 83.5 cm³/mol. The number of nitrogens with zero attached hydrogens (tertiary/aromatic N) is 2. The SMILES string of the molecule is CC(C)C(O)CNC(=O)c1cccnc1N1CCCCC1. The van der Waals surface area contributed by atoms with Crippen LogP contribution in [0.1, 0.15) is 43.5 Å². The second-order valence-electron chi connectivity index (χ2n) is 5.94. The third-order valence-electron chi connectivity index (χ3n) is 3.93. The highest BCUT2D eigenvalue weighted by molar-refractivity contribution is 5.98. The lowest BCUT2D eigenvalue weighted by molar-refractivity contribution is 0.0871. The summed E-state index contributed by atoms with van der Waals surface area (Å²) in [5.41, 5.74) is 0.593. The van der Waals surface area contributed by atoms with Crippen molar-refractivity contribution in [3.05, 3.63) is 23.9 Å². The maximum atomic E-state index is 12.3. The molecule has 21 heavy (non-hydrogen) atoms. The number of aliphatic hydroxyl groups is 1. The van der Waals surface area contributed by atoms with Crippen molar-refractivity contribution >= 4 is 11.7 Å². The zero-order chi connectivity index (χ0) is 15.2. The molecule has 0 bridgehead atoms. The van der Waals surface area contributed by atoms with E-state index in [0.29, 0.717) is 5.56 Å². The molecule has 0 saturated carbocycles. The van der Waals surface area contributed by atoms with Crippen molar-refractivity contribution in [2.75, 3.05) is 24.5 Å². The molecule has 116 valence electrons. The van der Waals surface area contributed by atoms with Gasteiger partial charge in [-0.25, -0.2) is 4.98 Å². The molecule has 1 atom stereocenters. The highest BCUT2D eigenvalue weighted by atomic mass is 16.3. The molecule has 2 rings (SSSR count). The molecule has 1 fully saturated rings. The fourth-order valence-electron chi connectivity index (χ4n) is 2.46. The van der Waals surface area contributed by atoms with Gasteiger partial charge in [0, 0.05) is 25.8 Å². The number of anilines is 1. The number of nitrogens with one attached hydrogen (secondary N) is 1. The van der Waals surface area contributed by atoms with Crippen LogP contribution >= 0.6 is 0 Å². The van der Waals surface area contributed by atoms with Gasteiger partial charge in [-0.2, -0.15) is 0 Å². The minimum absolute atomic E-state index is 0.126. The molecular weight excluding hydrogens is 266 g/mol. The number of pyridine rings is 1. The van der Waals surface area contributed by atoms with E-state index in [1.165, 1.54) is 6.42 Å². The van der Waals surface area contributed by atoms with Gasteiger partial charge in [0.2, 0.25) is 0 Å². The molecule has 2 heterocycles. The summed E-state index contributed by atoms with van der Waals surface area (Å²) in [4.78, 5) is 18.9. The minimum Gasteiger partial charge on any atom is -0.391 e. The molecule has 1 aliphatic rings. The van der Waals surface area contributed by atoms with E-state index in [2.05, 4.69) is 15.2 Å². The van der Waals surface area contributed by atoms with Gasteiger partial charge in [-0.05, 0) is 37.3 Å². The highest BCUT2D eigenvalue weighted by Crippen LogP contribution is 2.21. The second-order valence-corrected chi connectivity index (χ2v) is 5.94. The first-order valence-electron chi connectivity index (χ1n) is 7.76. The van der Waals surface area contributed by atoms with Crippen molar-refractivity contribution in [3.63, 3.8) is 0 Å². The van der Waals surface area contributed by atoms with Gasteiger partial charge in [-0.3, -0.25) is 4.79 Å². The van der Waals surface area contributed by atoms with E-state index in [-0.39, 0.29) is 18.4 Å². The summed E-state index contributed by atoms with van der Waals surface area (Å²) < 4.78 is 0. The number of carbonyl (C=O) groups excluding carboxylic acids is 1. The Labute approximate surface area is 126 Å². The van der Waals surface area contributed by atoms with E-state index >= 15 is 0 Å². The lowest BCUT2D eigenvalue weighted by atomic mass is 10.1. The van der Waals surface area contributed by atoms with Crippen LogP contribution < -0.4 is 10.2 Å². The second kappa shape index (κ2) is 7.41. The molecular formula is C16H25N3O2. The lowest BCUT2D eigenvalue weighted by Crippen LogP contribution is -2.37. The van der Waals surface area contributed by atoms with Gasteiger partial charge in [0.25, 0.3) is 5.91 Å². The van der Waals surface area contributed by atoms with Crippen LogP contribution in [0.4, 0.5) is 5.82 Å². The van der Waals surface area contributed by atoms with E-state index in [0.717, 1.165) is 31.7 Å². The maximum Gasteiger partial charge on any atom is 0.255 e. The van der Waals surface area contributed by atoms with Crippen molar-refractivity contribution in [2.45, 2.75) is 39.2 Å². The van der Waals surface area contributed by atoms with E-state index in [1.807, 2.05) is 13.8 Å². The number of hydrogen-bond donors (Lipinski definition) is 2. The Kier molecular flexibility index (Phi) is 5.56. The monoisotopic (exact) mass is 291 g/mol. The molecule has 1 aromatic heterocycles. The number of aliphatic hydroxyl groups excluding tert-OH is 1. The smallest absolute Gasteiger partial charge is 0.255 e. The number of aromatic nitrogens is 1. The van der Waals surface area contributed by atoms with Crippen LogP contribution in [0.2, 0.25) is 0 Å². The molecule has 1 aliphatic heterocycles. The first kappa shape index (κ1) is 15.8. The molecule has 5 heteroatoms. The molecule has 1 saturated heterocycles. The highest BCUT2D eigenvalue weighted by Gasteiger charge is 2.20. The standard InChI is InChI=1S/C16H25N3O2/c1-12(2)14(20)11-18-16(21)13-7-6-8-17-15(13)19-9-4-3-5-10-19/h6-8,12,14,20H,3-5,9-11H2,1-2H3,(H,18,21). The molecule has 0 spiro atoms. The summed E-state index contributed by atoms with van der Waals surface area (Å²) in [6, 6.07) is 3.58. The molecule has 1 aromatic rings. The van der Waals surface area contributed by atoms with Gasteiger partial charge in [-0.15, -0.1) is 0 Å². The molecule has 0 radical (unpaired) electrons. The summed E-state index contributed by atoms with van der Waals surface area (Å²) in [6.07, 6.45) is 4.73. The fraction of sp³-hybridized carbons (Fsp3) is 0.625. The summed E-state index contributed by atoms with van der Waals surface area (Å²) in [7, 11) is 0. The first-order valence-corrected chi connectivity index (χ1v) is 7.76. The van der Waals surface area contributed by atoms with E-state index in [4.69, 9.17) is 0 Å². The minimum atomic E-state index is -0.524. The predicted octanol–water partition coefficient (Wildman–Crippen LogP) is 1.82. The zero-order valence-electron chi connectivity index (χ0n) is 12.9. The Morgan fingerprint density at radius 3 is 2.76 bits per heavy atom. The van der Waals surface area contributed by atoms with Crippen molar-refractivity contribution in [2.24, 2.45) is 5.92 Å². The first-order chi connectivity index (χ1) is 10.1. The number of amides is 1. The van der Waals surface area contributed by atoms with E-state index < -0.39 is 6.10 Å². The Hall–Kier alpha value is -1.62. The Morgan fingerprint density at radius 2 is 2.10 bits per heavy atom. The maximum absolute atomic E-state index is 12.3. The van der Waals surface area contributed by atoms with Gasteiger partial charge in [0.05, 0.1) is 11.7 Å². The van der Waals surface area contributed by atoms with E-state index in [9.17, 15) is 9.90 Å². The molecule has 0 aliphatic carbocycles. The topological polar surface area (TPSA) is 65.5 Å². The molecule has 2 N–H and O–H groups in total. The molecule has 0 aromatic carbocycles. The Bertz CT molecular complexity index is 470. The zero-order valence-corrected chi connectivity index (χ0v) is 12.9. The van der Waals surface area contributed by atoms with Crippen LogP contribution in [0, 0.1) is 5.92 Å². The third kappa shape index (κ3) is 4.17. The average Bonchev–Trinajstić information content (AvgIpc) is 2.53. The van der Waals surface area contributed by atoms with Crippen molar-refractivity contribution < 1.29 is 9.90 Å². The van der Waals surface area contributed by atoms with Crippen molar-refractivity contribution in [1.29, 1.82) is 0 Å². The summed E-state index contributed by atoms with van der Waals surface area (Å²) in [6.45, 7) is 6.03. The number of piperidine rings is 1. The number of hydrogen-bond acceptors (Lipinski definition) is 4. The molecule has 1 amide bonds. The average molecular weight is 291 g/mol. The molecule has 5 nitrogen and oxygen atoms in total. The number of rotatable bonds is 5. The number of carbonyl (C=O) groups is 1. The van der Waals surface area contributed by atoms with Gasteiger partial charge >= 0.3 is 0 Å². The van der Waals surface area contributed by atoms with Crippen LogP contribution in [-0.4, -0.2) is 41.7 Å². The molecule has 1 unspecified atom stereocenters. The van der Waals surface area contributed by atoms with Crippen molar-refractivity contribution in [3.8, 4) is 0 Å². The summed E-state index contributed by atoms with van der Waals surface area (Å²) >= 11 is 0. The summed E-state index contributed by atoms with van der Waals surface area (Å²) in [5, 5.41) is 12.6. The van der Waals surface area contributed by atoms with Gasteiger partial charge in [0.15, 0.2) is 0 Å². The fourth-order valence-corrected chi connectivity index (χ4v) is 2.46. The van der Waals surface area contributed by atoms with Crippen LogP contribution in [0.3, 0.4) is 0 Å². The summed E-state index contributed by atoms with van der Waals surface area (Å²) in [5.74, 6) is 0.720. The van der Waals surface area contributed by atoms with Crippen LogP contribution in [0.15, 0.2) is 18.3 Å². The van der Waals surface area contributed by atoms with Crippen molar-refractivity contribution in [1.82, 2.24) is 10.3 Å².